The van der Waals surface area contributed by atoms with Crippen molar-refractivity contribution in [1.82, 2.24) is 15.6 Å². The Morgan fingerprint density at radius 3 is 2.68 bits per heavy atom. The summed E-state index contributed by atoms with van der Waals surface area (Å²) >= 11 is 1.71. The Labute approximate surface area is 136 Å². The summed E-state index contributed by atoms with van der Waals surface area (Å²) in [4.78, 5) is 17.6. The van der Waals surface area contributed by atoms with E-state index in [4.69, 9.17) is 4.98 Å². The summed E-state index contributed by atoms with van der Waals surface area (Å²) in [5.74, 6) is 0.532. The van der Waals surface area contributed by atoms with Gasteiger partial charge in [-0.05, 0) is 57.5 Å². The number of nitrogens with one attached hydrogen (secondary N) is 2. The number of piperidine rings is 1. The van der Waals surface area contributed by atoms with E-state index in [0.29, 0.717) is 5.41 Å². The molecule has 0 aromatic carbocycles. The van der Waals surface area contributed by atoms with Gasteiger partial charge in [0.05, 0.1) is 5.54 Å². The Hall–Kier alpha value is -0.940. The van der Waals surface area contributed by atoms with Crippen LogP contribution in [-0.2, 0) is 10.3 Å². The first-order valence-electron chi connectivity index (χ1n) is 8.59. The van der Waals surface area contributed by atoms with Crippen molar-refractivity contribution in [3.63, 3.8) is 0 Å². The fourth-order valence-corrected chi connectivity index (χ4v) is 5.48. The van der Waals surface area contributed by atoms with E-state index in [1.807, 2.05) is 6.92 Å². The van der Waals surface area contributed by atoms with Crippen LogP contribution in [0.2, 0.25) is 0 Å². The number of amides is 1. The molecule has 1 aromatic rings. The van der Waals surface area contributed by atoms with Crippen LogP contribution in [0.1, 0.15) is 55.6 Å². The monoisotopic (exact) mass is 319 g/mol. The quantitative estimate of drug-likeness (QED) is 0.901. The second kappa shape index (κ2) is 5.31. The molecule has 3 aliphatic rings. The first-order valence-corrected chi connectivity index (χ1v) is 9.47. The normalized spacial score (nSPS) is 28.7. The molecule has 4 nitrogen and oxygen atoms in total. The maximum absolute atomic E-state index is 12.9. The summed E-state index contributed by atoms with van der Waals surface area (Å²) in [6.07, 6.45) is 7.90. The van der Waals surface area contributed by atoms with E-state index < -0.39 is 0 Å². The number of aryl methyl sites for hydroxylation is 1. The number of carbonyl (C=O) groups is 1. The molecular formula is C17H25N3OS. The van der Waals surface area contributed by atoms with Crippen molar-refractivity contribution >= 4 is 17.2 Å². The maximum Gasteiger partial charge on any atom is 0.224 e. The van der Waals surface area contributed by atoms with Gasteiger partial charge in [0.1, 0.15) is 5.01 Å². The molecular weight excluding hydrogens is 294 g/mol. The molecule has 2 N–H and O–H groups in total. The lowest BCUT2D eigenvalue weighted by Gasteiger charge is -2.29. The molecule has 120 valence electrons. The van der Waals surface area contributed by atoms with Gasteiger partial charge in [-0.1, -0.05) is 12.8 Å². The number of thiazole rings is 1. The number of rotatable bonds is 3. The number of carbonyl (C=O) groups excluding carboxylic acids is 1. The first-order chi connectivity index (χ1) is 10.6. The van der Waals surface area contributed by atoms with Crippen LogP contribution < -0.4 is 10.6 Å². The molecule has 1 unspecified atom stereocenters. The molecule has 0 radical (unpaired) electrons. The van der Waals surface area contributed by atoms with Gasteiger partial charge in [0.2, 0.25) is 5.91 Å². The fraction of sp³-hybridized carbons (Fsp3) is 0.765. The van der Waals surface area contributed by atoms with E-state index in [2.05, 4.69) is 16.0 Å². The van der Waals surface area contributed by atoms with Gasteiger partial charge in [-0.25, -0.2) is 4.98 Å². The number of hydrogen-bond acceptors (Lipinski definition) is 4. The summed E-state index contributed by atoms with van der Waals surface area (Å²) in [5.41, 5.74) is 1.21. The van der Waals surface area contributed by atoms with Crippen molar-refractivity contribution < 1.29 is 4.79 Å². The lowest BCUT2D eigenvalue weighted by molar-refractivity contribution is -0.125. The molecule has 1 atom stereocenters. The highest BCUT2D eigenvalue weighted by molar-refractivity contribution is 7.09. The second-order valence-corrected chi connectivity index (χ2v) is 8.30. The summed E-state index contributed by atoms with van der Waals surface area (Å²) in [7, 11) is 0. The van der Waals surface area contributed by atoms with Gasteiger partial charge in [-0.15, -0.1) is 11.3 Å². The molecule has 1 spiro atoms. The van der Waals surface area contributed by atoms with Crippen LogP contribution in [0.3, 0.4) is 0 Å². The van der Waals surface area contributed by atoms with Gasteiger partial charge in [-0.3, -0.25) is 4.79 Å². The molecule has 5 heteroatoms. The molecule has 1 saturated heterocycles. The number of aromatic nitrogens is 1. The SMILES string of the molecule is Cc1csc(C2(NC(=O)C3CC34CCNCC4)CCCC2)n1. The molecule has 1 aliphatic heterocycles. The van der Waals surface area contributed by atoms with Gasteiger partial charge < -0.3 is 10.6 Å². The zero-order valence-corrected chi connectivity index (χ0v) is 14.1. The smallest absolute Gasteiger partial charge is 0.224 e. The molecule has 1 amide bonds. The zero-order valence-electron chi connectivity index (χ0n) is 13.3. The Bertz CT molecular complexity index is 570. The van der Waals surface area contributed by atoms with E-state index in [9.17, 15) is 4.79 Å². The standard InChI is InChI=1S/C17H25N3OS/c1-12-11-22-15(19-12)17(4-2-3-5-17)20-14(21)13-10-16(13)6-8-18-9-7-16/h11,13,18H,2-10H2,1H3,(H,20,21). The zero-order chi connectivity index (χ0) is 15.2. The molecule has 2 heterocycles. The highest BCUT2D eigenvalue weighted by atomic mass is 32.1. The summed E-state index contributed by atoms with van der Waals surface area (Å²) in [5, 5.41) is 10.1. The summed E-state index contributed by atoms with van der Waals surface area (Å²) in [6, 6.07) is 0. The summed E-state index contributed by atoms with van der Waals surface area (Å²) in [6.45, 7) is 4.18. The highest BCUT2D eigenvalue weighted by Crippen LogP contribution is 2.59. The molecule has 3 fully saturated rings. The van der Waals surface area contributed by atoms with E-state index >= 15 is 0 Å². The third-order valence-corrected chi connectivity index (χ3v) is 7.12. The molecule has 0 bridgehead atoms. The van der Waals surface area contributed by atoms with Crippen LogP contribution in [0.25, 0.3) is 0 Å². The van der Waals surface area contributed by atoms with E-state index in [-0.39, 0.29) is 17.4 Å². The van der Waals surface area contributed by atoms with Crippen LogP contribution in [0, 0.1) is 18.3 Å². The van der Waals surface area contributed by atoms with E-state index in [1.54, 1.807) is 11.3 Å². The minimum atomic E-state index is -0.174. The van der Waals surface area contributed by atoms with E-state index in [0.717, 1.165) is 55.9 Å². The van der Waals surface area contributed by atoms with Crippen molar-refractivity contribution in [1.29, 1.82) is 0 Å². The number of hydrogen-bond donors (Lipinski definition) is 2. The molecule has 1 aromatic heterocycles. The van der Waals surface area contributed by atoms with Crippen LogP contribution in [0.15, 0.2) is 5.38 Å². The van der Waals surface area contributed by atoms with Crippen LogP contribution in [-0.4, -0.2) is 24.0 Å². The average Bonchev–Trinajstić information content (AvgIpc) is 2.89. The minimum absolute atomic E-state index is 0.174. The maximum atomic E-state index is 12.9. The van der Waals surface area contributed by atoms with Crippen molar-refractivity contribution in [3.8, 4) is 0 Å². The average molecular weight is 319 g/mol. The predicted molar refractivity (Wildman–Crippen MR) is 87.8 cm³/mol. The Morgan fingerprint density at radius 2 is 2.05 bits per heavy atom. The van der Waals surface area contributed by atoms with Gasteiger partial charge in [0, 0.05) is 17.0 Å². The van der Waals surface area contributed by atoms with Crippen LogP contribution >= 0.6 is 11.3 Å². The number of nitrogens with zero attached hydrogens (tertiary/aromatic N) is 1. The van der Waals surface area contributed by atoms with Crippen molar-refractivity contribution in [2.75, 3.05) is 13.1 Å². The third-order valence-electron chi connectivity index (χ3n) is 5.95. The van der Waals surface area contributed by atoms with Gasteiger partial charge in [-0.2, -0.15) is 0 Å². The van der Waals surface area contributed by atoms with Crippen molar-refractivity contribution in [2.24, 2.45) is 11.3 Å². The summed E-state index contributed by atoms with van der Waals surface area (Å²) < 4.78 is 0. The molecule has 2 aliphatic carbocycles. The first kappa shape index (κ1) is 14.6. The van der Waals surface area contributed by atoms with Crippen molar-refractivity contribution in [3.05, 3.63) is 16.1 Å². The minimum Gasteiger partial charge on any atom is -0.344 e. The van der Waals surface area contributed by atoms with Crippen molar-refractivity contribution in [2.45, 2.75) is 57.4 Å². The van der Waals surface area contributed by atoms with Gasteiger partial charge in [0.25, 0.3) is 0 Å². The molecule has 22 heavy (non-hydrogen) atoms. The van der Waals surface area contributed by atoms with Crippen LogP contribution in [0.5, 0.6) is 0 Å². The Balaban J connectivity index is 1.50. The molecule has 2 saturated carbocycles. The largest absolute Gasteiger partial charge is 0.344 e. The fourth-order valence-electron chi connectivity index (χ4n) is 4.46. The van der Waals surface area contributed by atoms with Crippen LogP contribution in [0.4, 0.5) is 0 Å². The topological polar surface area (TPSA) is 54.0 Å². The van der Waals surface area contributed by atoms with Gasteiger partial charge >= 0.3 is 0 Å². The van der Waals surface area contributed by atoms with E-state index in [1.165, 1.54) is 12.8 Å². The highest BCUT2D eigenvalue weighted by Gasteiger charge is 2.58. The molecule has 4 rings (SSSR count). The predicted octanol–water partition coefficient (Wildman–Crippen LogP) is 2.73. The third kappa shape index (κ3) is 2.38. The second-order valence-electron chi connectivity index (χ2n) is 7.44. The Morgan fingerprint density at radius 1 is 1.32 bits per heavy atom. The lowest BCUT2D eigenvalue weighted by atomic mass is 9.91. The van der Waals surface area contributed by atoms with Gasteiger partial charge in [0.15, 0.2) is 0 Å². The Kier molecular flexibility index (Phi) is 3.53. The lowest BCUT2D eigenvalue weighted by Crippen LogP contribution is -2.45.